The quantitative estimate of drug-likeness (QED) is 0.862. The van der Waals surface area contributed by atoms with E-state index in [9.17, 15) is 4.21 Å². The van der Waals surface area contributed by atoms with Crippen molar-refractivity contribution in [2.75, 3.05) is 11.8 Å². The molecular formula is C11H17NO2S. The molecule has 1 atom stereocenters. The van der Waals surface area contributed by atoms with E-state index in [0.717, 1.165) is 11.4 Å². The van der Waals surface area contributed by atoms with Crippen LogP contribution in [0, 0.1) is 0 Å². The first-order valence-electron chi connectivity index (χ1n) is 4.76. The van der Waals surface area contributed by atoms with Crippen molar-refractivity contribution >= 4 is 16.7 Å². The first kappa shape index (κ1) is 12.0. The molecule has 1 aromatic rings. The van der Waals surface area contributed by atoms with Crippen molar-refractivity contribution in [3.05, 3.63) is 24.3 Å². The Bertz CT molecular complexity index is 341. The van der Waals surface area contributed by atoms with Crippen LogP contribution in [0.2, 0.25) is 0 Å². The SMILES string of the molecule is COc1ccc(NS(=O)C(C)(C)C)cc1. The van der Waals surface area contributed by atoms with Gasteiger partial charge in [0.15, 0.2) is 0 Å². The second-order valence-electron chi connectivity index (χ2n) is 4.21. The number of anilines is 1. The molecule has 1 rings (SSSR count). The van der Waals surface area contributed by atoms with Gasteiger partial charge in [0.2, 0.25) is 0 Å². The average Bonchev–Trinajstić information content (AvgIpc) is 2.17. The molecule has 0 saturated carbocycles. The number of methoxy groups -OCH3 is 1. The largest absolute Gasteiger partial charge is 0.497 e. The van der Waals surface area contributed by atoms with Crippen LogP contribution >= 0.6 is 0 Å². The molecule has 1 N–H and O–H groups in total. The van der Waals surface area contributed by atoms with Crippen LogP contribution in [0.5, 0.6) is 5.75 Å². The molecule has 0 fully saturated rings. The minimum atomic E-state index is -1.09. The molecule has 4 heteroatoms. The number of hydrogen-bond donors (Lipinski definition) is 1. The van der Waals surface area contributed by atoms with Gasteiger partial charge >= 0.3 is 0 Å². The summed E-state index contributed by atoms with van der Waals surface area (Å²) in [5, 5.41) is 0. The predicted molar refractivity (Wildman–Crippen MR) is 64.5 cm³/mol. The first-order valence-corrected chi connectivity index (χ1v) is 5.91. The first-order chi connectivity index (χ1) is 6.93. The highest BCUT2D eigenvalue weighted by Crippen LogP contribution is 2.18. The average molecular weight is 227 g/mol. The lowest BCUT2D eigenvalue weighted by atomic mass is 10.3. The Morgan fingerprint density at radius 3 is 2.13 bits per heavy atom. The van der Waals surface area contributed by atoms with Crippen molar-refractivity contribution in [2.24, 2.45) is 0 Å². The van der Waals surface area contributed by atoms with Crippen molar-refractivity contribution in [2.45, 2.75) is 25.5 Å². The monoisotopic (exact) mass is 227 g/mol. The minimum absolute atomic E-state index is 0.264. The summed E-state index contributed by atoms with van der Waals surface area (Å²) >= 11 is 0. The fraction of sp³-hybridized carbons (Fsp3) is 0.455. The molecule has 0 amide bonds. The Balaban J connectivity index is 2.70. The van der Waals surface area contributed by atoms with Crippen LogP contribution in [-0.4, -0.2) is 16.1 Å². The van der Waals surface area contributed by atoms with Gasteiger partial charge in [0.1, 0.15) is 16.7 Å². The van der Waals surface area contributed by atoms with Crippen LogP contribution < -0.4 is 9.46 Å². The molecule has 0 aliphatic carbocycles. The summed E-state index contributed by atoms with van der Waals surface area (Å²) in [5.41, 5.74) is 0.837. The molecule has 0 spiro atoms. The lowest BCUT2D eigenvalue weighted by molar-refractivity contribution is 0.415. The third-order valence-corrected chi connectivity index (χ3v) is 3.39. The van der Waals surface area contributed by atoms with Crippen molar-refractivity contribution < 1.29 is 8.95 Å². The summed E-state index contributed by atoms with van der Waals surface area (Å²) in [6, 6.07) is 7.37. The maximum atomic E-state index is 11.8. The summed E-state index contributed by atoms with van der Waals surface area (Å²) in [6.45, 7) is 5.79. The number of rotatable bonds is 3. The molecule has 0 radical (unpaired) electrons. The number of nitrogens with one attached hydrogen (secondary N) is 1. The molecule has 0 aliphatic rings. The van der Waals surface area contributed by atoms with Gasteiger partial charge in [-0.1, -0.05) is 0 Å². The van der Waals surface area contributed by atoms with Crippen molar-refractivity contribution in [1.29, 1.82) is 0 Å². The normalized spacial score (nSPS) is 13.3. The minimum Gasteiger partial charge on any atom is -0.497 e. The summed E-state index contributed by atoms with van der Waals surface area (Å²) in [6.07, 6.45) is 0. The maximum absolute atomic E-state index is 11.8. The Kier molecular flexibility index (Phi) is 3.74. The topological polar surface area (TPSA) is 38.3 Å². The van der Waals surface area contributed by atoms with Crippen LogP contribution in [0.4, 0.5) is 5.69 Å². The molecule has 84 valence electrons. The van der Waals surface area contributed by atoms with E-state index in [1.165, 1.54) is 0 Å². The molecule has 1 aromatic carbocycles. The van der Waals surface area contributed by atoms with Crippen LogP contribution in [0.15, 0.2) is 24.3 Å². The highest BCUT2D eigenvalue weighted by atomic mass is 32.2. The molecule has 0 heterocycles. The third kappa shape index (κ3) is 3.55. The van der Waals surface area contributed by atoms with Gasteiger partial charge in [-0.05, 0) is 45.0 Å². The second kappa shape index (κ2) is 4.66. The van der Waals surface area contributed by atoms with Gasteiger partial charge in [-0.3, -0.25) is 0 Å². The molecule has 0 aliphatic heterocycles. The van der Waals surface area contributed by atoms with E-state index in [-0.39, 0.29) is 4.75 Å². The lowest BCUT2D eigenvalue weighted by Crippen LogP contribution is -2.27. The second-order valence-corrected chi connectivity index (χ2v) is 6.18. The highest BCUT2D eigenvalue weighted by molar-refractivity contribution is 7.87. The Morgan fingerprint density at radius 1 is 1.20 bits per heavy atom. The molecule has 15 heavy (non-hydrogen) atoms. The number of hydrogen-bond acceptors (Lipinski definition) is 2. The lowest BCUT2D eigenvalue weighted by Gasteiger charge is -2.18. The molecule has 1 unspecified atom stereocenters. The molecular weight excluding hydrogens is 210 g/mol. The molecule has 0 saturated heterocycles. The summed E-state index contributed by atoms with van der Waals surface area (Å²) in [7, 11) is 0.533. The van der Waals surface area contributed by atoms with E-state index in [2.05, 4.69) is 4.72 Å². The van der Waals surface area contributed by atoms with Crippen molar-refractivity contribution in [1.82, 2.24) is 0 Å². The summed E-state index contributed by atoms with van der Waals surface area (Å²) in [4.78, 5) is 0. The van der Waals surface area contributed by atoms with Gasteiger partial charge in [0, 0.05) is 5.69 Å². The van der Waals surface area contributed by atoms with E-state index < -0.39 is 11.0 Å². The Labute approximate surface area is 93.4 Å². The zero-order chi connectivity index (χ0) is 11.5. The third-order valence-electron chi connectivity index (χ3n) is 1.86. The Hall–Kier alpha value is -1.03. The predicted octanol–water partition coefficient (Wildman–Crippen LogP) is 2.57. The van der Waals surface area contributed by atoms with Gasteiger partial charge in [-0.2, -0.15) is 0 Å². The molecule has 0 bridgehead atoms. The Morgan fingerprint density at radius 2 is 1.73 bits per heavy atom. The smallest absolute Gasteiger partial charge is 0.122 e. The molecule has 3 nitrogen and oxygen atoms in total. The van der Waals surface area contributed by atoms with Crippen LogP contribution in [0.25, 0.3) is 0 Å². The summed E-state index contributed by atoms with van der Waals surface area (Å²) in [5.74, 6) is 0.794. The fourth-order valence-corrected chi connectivity index (χ4v) is 1.58. The fourth-order valence-electron chi connectivity index (χ4n) is 0.919. The van der Waals surface area contributed by atoms with Crippen LogP contribution in [0.1, 0.15) is 20.8 Å². The zero-order valence-electron chi connectivity index (χ0n) is 9.53. The van der Waals surface area contributed by atoms with Gasteiger partial charge < -0.3 is 9.46 Å². The highest BCUT2D eigenvalue weighted by Gasteiger charge is 2.19. The van der Waals surface area contributed by atoms with E-state index in [1.807, 2.05) is 45.0 Å². The zero-order valence-corrected chi connectivity index (χ0v) is 10.4. The van der Waals surface area contributed by atoms with Gasteiger partial charge in [-0.25, -0.2) is 4.21 Å². The maximum Gasteiger partial charge on any atom is 0.122 e. The number of benzene rings is 1. The standard InChI is InChI=1S/C11H17NO2S/c1-11(2,3)15(13)12-9-5-7-10(14-4)8-6-9/h5-8,12H,1-4H3. The van der Waals surface area contributed by atoms with Crippen molar-refractivity contribution in [3.63, 3.8) is 0 Å². The number of ether oxygens (including phenoxy) is 1. The van der Waals surface area contributed by atoms with Crippen LogP contribution in [0.3, 0.4) is 0 Å². The van der Waals surface area contributed by atoms with E-state index >= 15 is 0 Å². The van der Waals surface area contributed by atoms with Crippen LogP contribution in [-0.2, 0) is 11.0 Å². The van der Waals surface area contributed by atoms with Gasteiger partial charge in [0.05, 0.1) is 11.9 Å². The van der Waals surface area contributed by atoms with E-state index in [1.54, 1.807) is 7.11 Å². The summed E-state index contributed by atoms with van der Waals surface area (Å²) < 4.78 is 19.5. The molecule has 0 aromatic heterocycles. The van der Waals surface area contributed by atoms with Gasteiger partial charge in [0.25, 0.3) is 0 Å². The van der Waals surface area contributed by atoms with E-state index in [0.29, 0.717) is 0 Å². The van der Waals surface area contributed by atoms with Gasteiger partial charge in [-0.15, -0.1) is 0 Å². The van der Waals surface area contributed by atoms with Crippen molar-refractivity contribution in [3.8, 4) is 5.75 Å². The van der Waals surface area contributed by atoms with E-state index in [4.69, 9.17) is 4.74 Å².